The van der Waals surface area contributed by atoms with Crippen LogP contribution in [0.2, 0.25) is 0 Å². The van der Waals surface area contributed by atoms with E-state index >= 15 is 0 Å². The summed E-state index contributed by atoms with van der Waals surface area (Å²) in [6.07, 6.45) is 12.4. The molecule has 0 spiro atoms. The molecule has 1 fully saturated rings. The quantitative estimate of drug-likeness (QED) is 0.592. The Bertz CT molecular complexity index is 266. The lowest BCUT2D eigenvalue weighted by atomic mass is 9.72. The molecule has 2 rings (SSSR count). The van der Waals surface area contributed by atoms with Gasteiger partial charge in [-0.1, -0.05) is 19.1 Å². The van der Waals surface area contributed by atoms with Crippen LogP contribution in [0.3, 0.4) is 0 Å². The van der Waals surface area contributed by atoms with Crippen molar-refractivity contribution in [2.75, 3.05) is 0 Å². The van der Waals surface area contributed by atoms with Crippen LogP contribution in [0.5, 0.6) is 0 Å². The molecule has 0 amide bonds. The topological polar surface area (TPSA) is 23.8 Å². The molecule has 0 aromatic heterocycles. The average Bonchev–Trinajstić information content (AvgIpc) is 2.30. The minimum absolute atomic E-state index is 0.354. The van der Waals surface area contributed by atoms with Crippen molar-refractivity contribution >= 4 is 0 Å². The van der Waals surface area contributed by atoms with Crippen LogP contribution in [0.15, 0.2) is 12.2 Å². The molecule has 0 saturated heterocycles. The van der Waals surface area contributed by atoms with Crippen LogP contribution in [0.4, 0.5) is 0 Å². The Morgan fingerprint density at radius 1 is 1.00 bits per heavy atom. The number of hydrogen-bond donors (Lipinski definition) is 0. The fourth-order valence-electron chi connectivity index (χ4n) is 3.05. The molecule has 0 radical (unpaired) electrons. The monoisotopic (exact) mass is 203 g/mol. The van der Waals surface area contributed by atoms with Gasteiger partial charge >= 0.3 is 0 Å². The second kappa shape index (κ2) is 4.84. The summed E-state index contributed by atoms with van der Waals surface area (Å²) >= 11 is 0. The summed E-state index contributed by atoms with van der Waals surface area (Å²) in [5, 5.41) is 8.86. The van der Waals surface area contributed by atoms with Crippen molar-refractivity contribution in [3.63, 3.8) is 0 Å². The van der Waals surface area contributed by atoms with E-state index in [1.54, 1.807) is 0 Å². The van der Waals surface area contributed by atoms with E-state index in [1.165, 1.54) is 25.7 Å². The van der Waals surface area contributed by atoms with Crippen LogP contribution in [-0.2, 0) is 0 Å². The summed E-state index contributed by atoms with van der Waals surface area (Å²) in [7, 11) is 0. The van der Waals surface area contributed by atoms with E-state index in [9.17, 15) is 0 Å². The van der Waals surface area contributed by atoms with E-state index in [2.05, 4.69) is 25.1 Å². The molecule has 1 heteroatoms. The van der Waals surface area contributed by atoms with E-state index < -0.39 is 0 Å². The Hall–Kier alpha value is -0.770. The van der Waals surface area contributed by atoms with Crippen molar-refractivity contribution in [1.82, 2.24) is 0 Å². The zero-order chi connectivity index (χ0) is 10.7. The first-order valence-corrected chi connectivity index (χ1v) is 6.37. The maximum absolute atomic E-state index is 8.86. The van der Waals surface area contributed by atoms with E-state index in [0.29, 0.717) is 5.92 Å². The second-order valence-electron chi connectivity index (χ2n) is 5.34. The molecule has 82 valence electrons. The Labute approximate surface area is 93.2 Å². The lowest BCUT2D eigenvalue weighted by molar-refractivity contribution is 0.236. The van der Waals surface area contributed by atoms with Crippen LogP contribution in [0.25, 0.3) is 0 Å². The lowest BCUT2D eigenvalue weighted by Crippen LogP contribution is -2.22. The summed E-state index contributed by atoms with van der Waals surface area (Å²) in [6.45, 7) is 2.30. The fourth-order valence-corrected chi connectivity index (χ4v) is 3.05. The maximum Gasteiger partial charge on any atom is 0.0655 e. The zero-order valence-electron chi connectivity index (χ0n) is 9.65. The SMILES string of the molecule is CC1C=CC(C2CCC(C#N)CC2)CC1. The van der Waals surface area contributed by atoms with Crippen molar-refractivity contribution in [2.24, 2.45) is 23.7 Å². The molecule has 1 nitrogen and oxygen atoms in total. The predicted octanol–water partition coefficient (Wildman–Crippen LogP) is 3.92. The van der Waals surface area contributed by atoms with Crippen LogP contribution in [0, 0.1) is 35.0 Å². The smallest absolute Gasteiger partial charge is 0.0655 e. The molecule has 0 bridgehead atoms. The van der Waals surface area contributed by atoms with Crippen molar-refractivity contribution < 1.29 is 0 Å². The van der Waals surface area contributed by atoms with Crippen molar-refractivity contribution in [1.29, 1.82) is 5.26 Å². The van der Waals surface area contributed by atoms with E-state index in [1.807, 2.05) is 0 Å². The summed E-state index contributed by atoms with van der Waals surface area (Å²) in [5.74, 6) is 2.84. The molecule has 0 aliphatic heterocycles. The molecular weight excluding hydrogens is 182 g/mol. The molecule has 0 N–H and O–H groups in total. The molecule has 0 aromatic rings. The minimum Gasteiger partial charge on any atom is -0.198 e. The number of nitriles is 1. The molecule has 1 saturated carbocycles. The first-order chi connectivity index (χ1) is 7.29. The van der Waals surface area contributed by atoms with Crippen LogP contribution in [0.1, 0.15) is 45.4 Å². The zero-order valence-corrected chi connectivity index (χ0v) is 9.65. The van der Waals surface area contributed by atoms with Gasteiger partial charge in [-0.2, -0.15) is 5.26 Å². The first kappa shape index (κ1) is 10.7. The molecular formula is C14H21N. The Kier molecular flexibility index (Phi) is 3.46. The molecule has 0 aromatic carbocycles. The van der Waals surface area contributed by atoms with Gasteiger partial charge in [0.05, 0.1) is 6.07 Å². The van der Waals surface area contributed by atoms with Gasteiger partial charge in [-0.3, -0.25) is 0 Å². The third-order valence-electron chi connectivity index (χ3n) is 4.20. The molecule has 2 aliphatic carbocycles. The highest BCUT2D eigenvalue weighted by Crippen LogP contribution is 2.38. The largest absolute Gasteiger partial charge is 0.198 e. The van der Waals surface area contributed by atoms with Crippen LogP contribution in [-0.4, -0.2) is 0 Å². The van der Waals surface area contributed by atoms with Gasteiger partial charge in [-0.05, 0) is 56.3 Å². The van der Waals surface area contributed by atoms with Gasteiger partial charge in [0.25, 0.3) is 0 Å². The maximum atomic E-state index is 8.86. The number of rotatable bonds is 1. The molecule has 2 unspecified atom stereocenters. The van der Waals surface area contributed by atoms with Gasteiger partial charge in [-0.25, -0.2) is 0 Å². The van der Waals surface area contributed by atoms with E-state index in [4.69, 9.17) is 5.26 Å². The predicted molar refractivity (Wildman–Crippen MR) is 62.1 cm³/mol. The average molecular weight is 203 g/mol. The lowest BCUT2D eigenvalue weighted by Gasteiger charge is -2.32. The highest BCUT2D eigenvalue weighted by Gasteiger charge is 2.27. The van der Waals surface area contributed by atoms with Gasteiger partial charge < -0.3 is 0 Å². The summed E-state index contributed by atoms with van der Waals surface area (Å²) < 4.78 is 0. The Balaban J connectivity index is 1.86. The van der Waals surface area contributed by atoms with Crippen LogP contribution < -0.4 is 0 Å². The molecule has 2 aliphatic rings. The van der Waals surface area contributed by atoms with Gasteiger partial charge in [-0.15, -0.1) is 0 Å². The van der Waals surface area contributed by atoms with E-state index in [0.717, 1.165) is 30.6 Å². The fraction of sp³-hybridized carbons (Fsp3) is 0.786. The molecule has 15 heavy (non-hydrogen) atoms. The van der Waals surface area contributed by atoms with Gasteiger partial charge in [0.1, 0.15) is 0 Å². The van der Waals surface area contributed by atoms with Crippen molar-refractivity contribution in [3.05, 3.63) is 12.2 Å². The number of hydrogen-bond acceptors (Lipinski definition) is 1. The third-order valence-corrected chi connectivity index (χ3v) is 4.20. The minimum atomic E-state index is 0.354. The number of allylic oxidation sites excluding steroid dienone is 2. The summed E-state index contributed by atoms with van der Waals surface area (Å²) in [4.78, 5) is 0. The molecule has 0 heterocycles. The normalized spacial score (nSPS) is 41.1. The van der Waals surface area contributed by atoms with Crippen molar-refractivity contribution in [2.45, 2.75) is 45.4 Å². The van der Waals surface area contributed by atoms with Gasteiger partial charge in [0.2, 0.25) is 0 Å². The summed E-state index contributed by atoms with van der Waals surface area (Å²) in [5.41, 5.74) is 0. The Morgan fingerprint density at radius 3 is 2.27 bits per heavy atom. The standard InChI is InChI=1S/C14H21N/c1-11-2-6-13(7-3-11)14-8-4-12(10-15)5-9-14/h2,6,11-14H,3-5,7-9H2,1H3. The van der Waals surface area contributed by atoms with E-state index in [-0.39, 0.29) is 0 Å². The van der Waals surface area contributed by atoms with Gasteiger partial charge in [0.15, 0.2) is 0 Å². The molecule has 2 atom stereocenters. The number of nitrogens with zero attached hydrogens (tertiary/aromatic N) is 1. The van der Waals surface area contributed by atoms with Gasteiger partial charge in [0, 0.05) is 5.92 Å². The second-order valence-corrected chi connectivity index (χ2v) is 5.34. The van der Waals surface area contributed by atoms with Crippen molar-refractivity contribution in [3.8, 4) is 6.07 Å². The first-order valence-electron chi connectivity index (χ1n) is 6.37. The third kappa shape index (κ3) is 2.62. The van der Waals surface area contributed by atoms with Crippen LogP contribution >= 0.6 is 0 Å². The Morgan fingerprint density at radius 2 is 1.73 bits per heavy atom. The highest BCUT2D eigenvalue weighted by atomic mass is 14.3. The highest BCUT2D eigenvalue weighted by molar-refractivity contribution is 5.00. The summed E-state index contributed by atoms with van der Waals surface area (Å²) in [6, 6.07) is 2.42.